The van der Waals surface area contributed by atoms with Crippen LogP contribution in [0.2, 0.25) is 0 Å². The lowest BCUT2D eigenvalue weighted by Crippen LogP contribution is -2.21. The van der Waals surface area contributed by atoms with Crippen LogP contribution in [0.15, 0.2) is 24.5 Å². The standard InChI is InChI=1S/C11H12N4O2S/c16-18(17)6-3-8(7-18)14-10-2-1-9-11(15-10)13-5-4-12-9/h1-2,4-5,8H,3,6-7H2,(H,13,14,15). The zero-order chi connectivity index (χ0) is 12.6. The molecule has 0 bridgehead atoms. The number of hydrogen-bond donors (Lipinski definition) is 1. The van der Waals surface area contributed by atoms with Gasteiger partial charge in [0.1, 0.15) is 11.3 Å². The molecule has 18 heavy (non-hydrogen) atoms. The summed E-state index contributed by atoms with van der Waals surface area (Å²) in [5.41, 5.74) is 1.28. The van der Waals surface area contributed by atoms with Crippen LogP contribution in [0.3, 0.4) is 0 Å². The highest BCUT2D eigenvalue weighted by Gasteiger charge is 2.27. The number of hydrogen-bond acceptors (Lipinski definition) is 6. The molecule has 94 valence electrons. The summed E-state index contributed by atoms with van der Waals surface area (Å²) < 4.78 is 22.7. The monoisotopic (exact) mass is 264 g/mol. The van der Waals surface area contributed by atoms with E-state index < -0.39 is 9.84 Å². The quantitative estimate of drug-likeness (QED) is 0.856. The van der Waals surface area contributed by atoms with Gasteiger partial charge in [0.25, 0.3) is 0 Å². The van der Waals surface area contributed by atoms with Crippen molar-refractivity contribution in [3.05, 3.63) is 24.5 Å². The van der Waals surface area contributed by atoms with Crippen LogP contribution >= 0.6 is 0 Å². The molecule has 0 radical (unpaired) electrons. The van der Waals surface area contributed by atoms with Gasteiger partial charge in [0.05, 0.1) is 11.5 Å². The molecule has 3 heterocycles. The molecule has 2 aromatic heterocycles. The Morgan fingerprint density at radius 2 is 2.06 bits per heavy atom. The molecule has 3 rings (SSSR count). The lowest BCUT2D eigenvalue weighted by Gasteiger charge is -2.11. The molecule has 2 aromatic rings. The molecule has 7 heteroatoms. The maximum atomic E-state index is 11.4. The summed E-state index contributed by atoms with van der Waals surface area (Å²) in [4.78, 5) is 12.5. The summed E-state index contributed by atoms with van der Waals surface area (Å²) in [6.07, 6.45) is 3.82. The van der Waals surface area contributed by atoms with E-state index in [0.717, 1.165) is 5.52 Å². The summed E-state index contributed by atoms with van der Waals surface area (Å²) in [7, 11) is -2.88. The van der Waals surface area contributed by atoms with Gasteiger partial charge in [-0.2, -0.15) is 0 Å². The Kier molecular flexibility index (Phi) is 2.62. The Hall–Kier alpha value is -1.76. The molecule has 1 atom stereocenters. The maximum Gasteiger partial charge on any atom is 0.180 e. The highest BCUT2D eigenvalue weighted by molar-refractivity contribution is 7.91. The second-order valence-corrected chi connectivity index (χ2v) is 6.57. The van der Waals surface area contributed by atoms with Crippen molar-refractivity contribution >= 4 is 26.8 Å². The van der Waals surface area contributed by atoms with E-state index in [-0.39, 0.29) is 17.5 Å². The van der Waals surface area contributed by atoms with Crippen molar-refractivity contribution in [3.63, 3.8) is 0 Å². The third kappa shape index (κ3) is 2.26. The van der Waals surface area contributed by atoms with Gasteiger partial charge in [-0.1, -0.05) is 0 Å². The predicted molar refractivity (Wildman–Crippen MR) is 68.0 cm³/mol. The highest BCUT2D eigenvalue weighted by atomic mass is 32.2. The SMILES string of the molecule is O=S1(=O)CCC(Nc2ccc3nccnc3n2)C1. The molecular formula is C11H12N4O2S. The highest BCUT2D eigenvalue weighted by Crippen LogP contribution is 2.17. The zero-order valence-corrected chi connectivity index (χ0v) is 10.4. The Morgan fingerprint density at radius 3 is 2.83 bits per heavy atom. The fraction of sp³-hybridized carbons (Fsp3) is 0.364. The van der Waals surface area contributed by atoms with Gasteiger partial charge >= 0.3 is 0 Å². The van der Waals surface area contributed by atoms with E-state index in [1.165, 1.54) is 0 Å². The number of sulfone groups is 1. The molecule has 1 unspecified atom stereocenters. The van der Waals surface area contributed by atoms with Gasteiger partial charge in [0, 0.05) is 18.4 Å². The molecule has 1 N–H and O–H groups in total. The first-order valence-corrected chi connectivity index (χ1v) is 7.49. The summed E-state index contributed by atoms with van der Waals surface area (Å²) >= 11 is 0. The Morgan fingerprint density at radius 1 is 1.22 bits per heavy atom. The second kappa shape index (κ2) is 4.16. The van der Waals surface area contributed by atoms with Crippen LogP contribution < -0.4 is 5.32 Å². The number of nitrogens with zero attached hydrogens (tertiary/aromatic N) is 3. The molecule has 0 aliphatic carbocycles. The topological polar surface area (TPSA) is 84.8 Å². The van der Waals surface area contributed by atoms with Crippen LogP contribution in [0.5, 0.6) is 0 Å². The van der Waals surface area contributed by atoms with Crippen LogP contribution in [-0.4, -0.2) is 40.9 Å². The van der Waals surface area contributed by atoms with Gasteiger partial charge in [0.2, 0.25) is 0 Å². The first-order valence-electron chi connectivity index (χ1n) is 5.67. The smallest absolute Gasteiger partial charge is 0.180 e. The van der Waals surface area contributed by atoms with Gasteiger partial charge in [-0.3, -0.25) is 4.98 Å². The largest absolute Gasteiger partial charge is 0.366 e. The summed E-state index contributed by atoms with van der Waals surface area (Å²) in [5.74, 6) is 1.07. The molecule has 1 aliphatic rings. The molecule has 6 nitrogen and oxygen atoms in total. The van der Waals surface area contributed by atoms with Crippen LogP contribution in [0.1, 0.15) is 6.42 Å². The zero-order valence-electron chi connectivity index (χ0n) is 9.57. The summed E-state index contributed by atoms with van der Waals surface area (Å²) in [6, 6.07) is 3.56. The van der Waals surface area contributed by atoms with Gasteiger partial charge in [-0.05, 0) is 18.6 Å². The Labute approximate surface area is 104 Å². The van der Waals surface area contributed by atoms with E-state index in [1.807, 2.05) is 6.07 Å². The lowest BCUT2D eigenvalue weighted by molar-refractivity contribution is 0.602. The van der Waals surface area contributed by atoms with Crippen LogP contribution in [0.4, 0.5) is 5.82 Å². The van der Waals surface area contributed by atoms with Crippen molar-refractivity contribution in [2.75, 3.05) is 16.8 Å². The normalized spacial score (nSPS) is 22.1. The third-order valence-corrected chi connectivity index (χ3v) is 4.68. The number of rotatable bonds is 2. The van der Waals surface area contributed by atoms with E-state index in [4.69, 9.17) is 0 Å². The van der Waals surface area contributed by atoms with E-state index in [2.05, 4.69) is 20.3 Å². The van der Waals surface area contributed by atoms with Crippen LogP contribution in [0, 0.1) is 0 Å². The third-order valence-electron chi connectivity index (χ3n) is 2.92. The molecular weight excluding hydrogens is 252 g/mol. The predicted octanol–water partition coefficient (Wildman–Crippen LogP) is 0.624. The van der Waals surface area contributed by atoms with Crippen molar-refractivity contribution in [2.24, 2.45) is 0 Å². The fourth-order valence-corrected chi connectivity index (χ4v) is 3.73. The molecule has 0 aromatic carbocycles. The van der Waals surface area contributed by atoms with Crippen LogP contribution in [-0.2, 0) is 9.84 Å². The minimum atomic E-state index is -2.88. The number of fused-ring (bicyclic) bond motifs is 1. The van der Waals surface area contributed by atoms with Gasteiger partial charge < -0.3 is 5.32 Å². The Bertz CT molecular complexity index is 686. The maximum absolute atomic E-state index is 11.4. The van der Waals surface area contributed by atoms with E-state index in [1.54, 1.807) is 18.5 Å². The minimum Gasteiger partial charge on any atom is -0.366 e. The van der Waals surface area contributed by atoms with Crippen molar-refractivity contribution < 1.29 is 8.42 Å². The summed E-state index contributed by atoms with van der Waals surface area (Å²) in [5, 5.41) is 3.13. The molecule has 0 saturated carbocycles. The minimum absolute atomic E-state index is 0.0587. The van der Waals surface area contributed by atoms with Crippen molar-refractivity contribution in [1.29, 1.82) is 0 Å². The second-order valence-electron chi connectivity index (χ2n) is 4.34. The molecule has 1 fully saturated rings. The van der Waals surface area contributed by atoms with Crippen molar-refractivity contribution in [3.8, 4) is 0 Å². The summed E-state index contributed by atoms with van der Waals surface area (Å²) in [6.45, 7) is 0. The molecule has 0 amide bonds. The molecule has 1 aliphatic heterocycles. The van der Waals surface area contributed by atoms with Crippen molar-refractivity contribution in [1.82, 2.24) is 15.0 Å². The average molecular weight is 264 g/mol. The lowest BCUT2D eigenvalue weighted by atomic mass is 10.2. The van der Waals surface area contributed by atoms with Gasteiger partial charge in [-0.25, -0.2) is 18.4 Å². The van der Waals surface area contributed by atoms with Gasteiger partial charge in [-0.15, -0.1) is 0 Å². The first kappa shape index (κ1) is 11.3. The first-order chi connectivity index (χ1) is 8.62. The fourth-order valence-electron chi connectivity index (χ4n) is 2.05. The molecule has 0 spiro atoms. The van der Waals surface area contributed by atoms with E-state index in [0.29, 0.717) is 17.9 Å². The number of nitrogens with one attached hydrogen (secondary N) is 1. The van der Waals surface area contributed by atoms with Gasteiger partial charge in [0.15, 0.2) is 15.5 Å². The number of anilines is 1. The Balaban J connectivity index is 1.83. The van der Waals surface area contributed by atoms with E-state index >= 15 is 0 Å². The number of pyridine rings is 1. The van der Waals surface area contributed by atoms with Crippen molar-refractivity contribution in [2.45, 2.75) is 12.5 Å². The molecule has 1 saturated heterocycles. The van der Waals surface area contributed by atoms with E-state index in [9.17, 15) is 8.42 Å². The van der Waals surface area contributed by atoms with Crippen LogP contribution in [0.25, 0.3) is 11.2 Å². The number of aromatic nitrogens is 3. The average Bonchev–Trinajstić information content (AvgIpc) is 2.68.